The average molecular weight is 252 g/mol. The van der Waals surface area contributed by atoms with Crippen molar-refractivity contribution in [2.24, 2.45) is 0 Å². The van der Waals surface area contributed by atoms with E-state index in [1.807, 2.05) is 6.07 Å². The molecule has 2 unspecified atom stereocenters. The number of fused-ring (bicyclic) bond motifs is 1. The Morgan fingerprint density at radius 3 is 2.94 bits per heavy atom. The molecule has 0 bridgehead atoms. The Labute approximate surface area is 110 Å². The van der Waals surface area contributed by atoms with E-state index in [0.717, 1.165) is 11.4 Å². The Hall–Kier alpha value is -0.530. The van der Waals surface area contributed by atoms with Gasteiger partial charge in [-0.05, 0) is 48.9 Å². The fourth-order valence-corrected chi connectivity index (χ4v) is 2.99. The molecule has 1 nitrogen and oxygen atoms in total. The predicted octanol–water partition coefficient (Wildman–Crippen LogP) is 4.50. The van der Waals surface area contributed by atoms with Crippen LogP contribution in [-0.2, 0) is 6.42 Å². The van der Waals surface area contributed by atoms with Crippen LogP contribution in [0.5, 0.6) is 0 Å². The molecule has 17 heavy (non-hydrogen) atoms. The van der Waals surface area contributed by atoms with Crippen molar-refractivity contribution in [1.82, 2.24) is 5.32 Å². The van der Waals surface area contributed by atoms with Crippen molar-refractivity contribution in [3.63, 3.8) is 0 Å². The Balaban J connectivity index is 2.06. The van der Waals surface area contributed by atoms with Gasteiger partial charge < -0.3 is 5.32 Å². The first-order valence-electron chi connectivity index (χ1n) is 6.79. The van der Waals surface area contributed by atoms with E-state index >= 15 is 0 Å². The highest BCUT2D eigenvalue weighted by molar-refractivity contribution is 6.30. The first-order chi connectivity index (χ1) is 8.24. The van der Waals surface area contributed by atoms with Gasteiger partial charge in [-0.15, -0.1) is 0 Å². The van der Waals surface area contributed by atoms with Gasteiger partial charge in [-0.25, -0.2) is 0 Å². The van der Waals surface area contributed by atoms with Crippen LogP contribution in [0.15, 0.2) is 18.2 Å². The van der Waals surface area contributed by atoms with E-state index in [1.165, 1.54) is 36.8 Å². The molecule has 2 rings (SSSR count). The highest BCUT2D eigenvalue weighted by atomic mass is 35.5. The quantitative estimate of drug-likeness (QED) is 0.813. The van der Waals surface area contributed by atoms with Gasteiger partial charge in [0.1, 0.15) is 0 Å². The zero-order valence-electron chi connectivity index (χ0n) is 10.8. The molecule has 0 saturated carbocycles. The van der Waals surface area contributed by atoms with Crippen molar-refractivity contribution in [3.8, 4) is 0 Å². The summed E-state index contributed by atoms with van der Waals surface area (Å²) in [4.78, 5) is 0. The van der Waals surface area contributed by atoms with Gasteiger partial charge in [-0.3, -0.25) is 0 Å². The van der Waals surface area contributed by atoms with Crippen LogP contribution in [0.1, 0.15) is 56.7 Å². The fourth-order valence-electron chi connectivity index (χ4n) is 2.80. The van der Waals surface area contributed by atoms with Crippen molar-refractivity contribution >= 4 is 11.6 Å². The summed E-state index contributed by atoms with van der Waals surface area (Å²) in [6, 6.07) is 7.53. The minimum Gasteiger partial charge on any atom is -0.307 e. The van der Waals surface area contributed by atoms with Crippen molar-refractivity contribution in [2.75, 3.05) is 0 Å². The van der Waals surface area contributed by atoms with Crippen LogP contribution < -0.4 is 5.32 Å². The summed E-state index contributed by atoms with van der Waals surface area (Å²) < 4.78 is 0. The molecule has 1 aliphatic carbocycles. The lowest BCUT2D eigenvalue weighted by molar-refractivity contribution is 0.400. The molecule has 0 aliphatic heterocycles. The maximum Gasteiger partial charge on any atom is 0.0408 e. The molecule has 0 aromatic heterocycles. The molecule has 0 radical (unpaired) electrons. The Kier molecular flexibility index (Phi) is 4.47. The number of rotatable bonds is 5. The first kappa shape index (κ1) is 12.9. The predicted molar refractivity (Wildman–Crippen MR) is 74.6 cm³/mol. The molecule has 1 aromatic carbocycles. The number of halogens is 1. The normalized spacial score (nSPS) is 20.3. The first-order valence-corrected chi connectivity index (χ1v) is 7.16. The van der Waals surface area contributed by atoms with Crippen molar-refractivity contribution in [1.29, 1.82) is 0 Å². The highest BCUT2D eigenvalue weighted by Crippen LogP contribution is 2.33. The summed E-state index contributed by atoms with van der Waals surface area (Å²) in [5.41, 5.74) is 2.89. The van der Waals surface area contributed by atoms with Gasteiger partial charge in [-0.2, -0.15) is 0 Å². The van der Waals surface area contributed by atoms with Crippen LogP contribution >= 0.6 is 11.6 Å². The van der Waals surface area contributed by atoms with Gasteiger partial charge in [0.2, 0.25) is 0 Å². The number of hydrogen-bond donors (Lipinski definition) is 1. The molecule has 0 spiro atoms. The summed E-state index contributed by atoms with van der Waals surface area (Å²) in [5.74, 6) is 0. The second-order valence-electron chi connectivity index (χ2n) is 4.99. The molecule has 2 heteroatoms. The molecule has 0 saturated heterocycles. The Morgan fingerprint density at radius 1 is 1.41 bits per heavy atom. The summed E-state index contributed by atoms with van der Waals surface area (Å²) in [5, 5.41) is 4.66. The molecule has 1 aliphatic rings. The maximum absolute atomic E-state index is 6.03. The van der Waals surface area contributed by atoms with Crippen LogP contribution in [0, 0.1) is 0 Å². The smallest absolute Gasteiger partial charge is 0.0408 e. The summed E-state index contributed by atoms with van der Waals surface area (Å²) in [6.07, 6.45) is 6.13. The van der Waals surface area contributed by atoms with Gasteiger partial charge in [0, 0.05) is 17.1 Å². The van der Waals surface area contributed by atoms with Crippen molar-refractivity contribution < 1.29 is 0 Å². The van der Waals surface area contributed by atoms with Crippen LogP contribution in [-0.4, -0.2) is 6.04 Å². The fraction of sp³-hybridized carbons (Fsp3) is 0.600. The van der Waals surface area contributed by atoms with Gasteiger partial charge in [0.25, 0.3) is 0 Å². The van der Waals surface area contributed by atoms with Crippen LogP contribution in [0.2, 0.25) is 5.02 Å². The van der Waals surface area contributed by atoms with Gasteiger partial charge in [0.15, 0.2) is 0 Å². The molecule has 94 valence electrons. The van der Waals surface area contributed by atoms with Crippen LogP contribution in [0.4, 0.5) is 0 Å². The molecular formula is C15H22ClN. The highest BCUT2D eigenvalue weighted by Gasteiger charge is 2.23. The van der Waals surface area contributed by atoms with E-state index in [-0.39, 0.29) is 0 Å². The molecule has 1 N–H and O–H groups in total. The molecule has 0 fully saturated rings. The standard InChI is InChI=1S/C15H22ClN/c1-3-5-13(4-2)17-15-9-6-11-10-12(16)7-8-14(11)15/h7-8,10,13,15,17H,3-6,9H2,1-2H3. The van der Waals surface area contributed by atoms with Gasteiger partial charge in [0.05, 0.1) is 0 Å². The largest absolute Gasteiger partial charge is 0.307 e. The van der Waals surface area contributed by atoms with E-state index in [2.05, 4.69) is 31.3 Å². The molecular weight excluding hydrogens is 230 g/mol. The second-order valence-corrected chi connectivity index (χ2v) is 5.43. The summed E-state index contributed by atoms with van der Waals surface area (Å²) in [7, 11) is 0. The zero-order valence-corrected chi connectivity index (χ0v) is 11.6. The third-order valence-electron chi connectivity index (χ3n) is 3.75. The minimum absolute atomic E-state index is 0.541. The van der Waals surface area contributed by atoms with Crippen molar-refractivity contribution in [2.45, 2.75) is 58.0 Å². The van der Waals surface area contributed by atoms with E-state index < -0.39 is 0 Å². The molecule has 0 heterocycles. The Morgan fingerprint density at radius 2 is 2.24 bits per heavy atom. The van der Waals surface area contributed by atoms with E-state index in [9.17, 15) is 0 Å². The van der Waals surface area contributed by atoms with Gasteiger partial charge >= 0.3 is 0 Å². The third kappa shape index (κ3) is 3.02. The minimum atomic E-state index is 0.541. The topological polar surface area (TPSA) is 12.0 Å². The number of nitrogens with one attached hydrogen (secondary N) is 1. The lowest BCUT2D eigenvalue weighted by atomic mass is 10.0. The molecule has 1 aromatic rings. The van der Waals surface area contributed by atoms with E-state index in [0.29, 0.717) is 12.1 Å². The van der Waals surface area contributed by atoms with E-state index in [1.54, 1.807) is 0 Å². The number of benzene rings is 1. The SMILES string of the molecule is CCCC(CC)NC1CCc2cc(Cl)ccc21. The van der Waals surface area contributed by atoms with E-state index in [4.69, 9.17) is 11.6 Å². The second kappa shape index (κ2) is 5.88. The number of aryl methyl sites for hydroxylation is 1. The monoisotopic (exact) mass is 251 g/mol. The van der Waals surface area contributed by atoms with Gasteiger partial charge in [-0.1, -0.05) is 37.9 Å². The van der Waals surface area contributed by atoms with Crippen molar-refractivity contribution in [3.05, 3.63) is 34.3 Å². The Bertz CT molecular complexity index is 375. The lowest BCUT2D eigenvalue weighted by Gasteiger charge is -2.22. The molecule has 2 atom stereocenters. The number of hydrogen-bond acceptors (Lipinski definition) is 1. The average Bonchev–Trinajstić information content (AvgIpc) is 2.71. The van der Waals surface area contributed by atoms with Crippen LogP contribution in [0.3, 0.4) is 0 Å². The lowest BCUT2D eigenvalue weighted by Crippen LogP contribution is -2.31. The maximum atomic E-state index is 6.03. The molecule has 0 amide bonds. The third-order valence-corrected chi connectivity index (χ3v) is 3.98. The van der Waals surface area contributed by atoms with Crippen LogP contribution in [0.25, 0.3) is 0 Å². The summed E-state index contributed by atoms with van der Waals surface area (Å²) >= 11 is 6.03. The summed E-state index contributed by atoms with van der Waals surface area (Å²) in [6.45, 7) is 4.53. The zero-order chi connectivity index (χ0) is 12.3.